The molecule has 106 valence electrons. The molecule has 0 amide bonds. The highest BCUT2D eigenvalue weighted by molar-refractivity contribution is 7.12. The van der Waals surface area contributed by atoms with Gasteiger partial charge in [0.25, 0.3) is 5.19 Å². The molecule has 1 aromatic heterocycles. The minimum Gasteiger partial charge on any atom is -0.468 e. The molecule has 1 aliphatic rings. The molecule has 1 fully saturated rings. The van der Waals surface area contributed by atoms with Crippen LogP contribution in [0, 0.1) is 0 Å². The third-order valence-corrected chi connectivity index (χ3v) is 4.28. The van der Waals surface area contributed by atoms with E-state index in [9.17, 15) is 0 Å². The van der Waals surface area contributed by atoms with Gasteiger partial charge in [0.2, 0.25) is 0 Å². The van der Waals surface area contributed by atoms with Crippen LogP contribution < -0.4 is 10.3 Å². The average Bonchev–Trinajstić information content (AvgIpc) is 2.83. The molecule has 0 radical (unpaired) electrons. The minimum atomic E-state index is -0.430. The zero-order valence-electron chi connectivity index (χ0n) is 12.1. The smallest absolute Gasteiger partial charge is 0.468 e. The summed E-state index contributed by atoms with van der Waals surface area (Å²) in [6, 6.07) is 0. The van der Waals surface area contributed by atoms with Crippen molar-refractivity contribution >= 4 is 24.0 Å². The molecule has 0 spiro atoms. The summed E-state index contributed by atoms with van der Waals surface area (Å²) in [5.41, 5.74) is 0.0625. The molecule has 0 aromatic carbocycles. The molecule has 1 saturated heterocycles. The molecule has 0 unspecified atom stereocenters. The highest BCUT2D eigenvalue weighted by Gasteiger charge is 2.52. The molecule has 0 atom stereocenters. The van der Waals surface area contributed by atoms with Crippen molar-refractivity contribution < 1.29 is 18.8 Å². The van der Waals surface area contributed by atoms with Crippen LogP contribution in [0.3, 0.4) is 0 Å². The van der Waals surface area contributed by atoms with Gasteiger partial charge >= 0.3 is 7.12 Å². The molecule has 2 rings (SSSR count). The number of rotatable bonds is 5. The second-order valence-corrected chi connectivity index (χ2v) is 6.29. The Hall–Kier alpha value is -0.625. The third-order valence-electron chi connectivity index (χ3n) is 3.51. The van der Waals surface area contributed by atoms with E-state index in [2.05, 4.69) is 4.98 Å². The van der Waals surface area contributed by atoms with E-state index < -0.39 is 7.12 Å². The largest absolute Gasteiger partial charge is 0.515 e. The Kier molecular flexibility index (Phi) is 4.20. The van der Waals surface area contributed by atoms with Crippen molar-refractivity contribution in [3.63, 3.8) is 0 Å². The Balaban J connectivity index is 2.00. The maximum atomic E-state index is 5.93. The summed E-state index contributed by atoms with van der Waals surface area (Å²) in [4.78, 5) is 4.39. The van der Waals surface area contributed by atoms with Crippen LogP contribution in [0.15, 0.2) is 5.38 Å². The predicted octanol–water partition coefficient (Wildman–Crippen LogP) is 1.47. The molecule has 0 aliphatic carbocycles. The first kappa shape index (κ1) is 14.8. The van der Waals surface area contributed by atoms with E-state index in [1.165, 1.54) is 11.3 Å². The number of thiazole rings is 1. The van der Waals surface area contributed by atoms with Gasteiger partial charge in [0.15, 0.2) is 0 Å². The second kappa shape index (κ2) is 5.40. The maximum Gasteiger partial charge on any atom is 0.515 e. The van der Waals surface area contributed by atoms with Gasteiger partial charge in [0, 0.05) is 12.5 Å². The van der Waals surface area contributed by atoms with Crippen LogP contribution in [0.1, 0.15) is 27.7 Å². The molecule has 1 aliphatic heterocycles. The SMILES string of the molecule is COCCOc1nc(B2OC(C)(C)C(C)(C)O2)cs1. The highest BCUT2D eigenvalue weighted by atomic mass is 32.1. The molecular formula is C12H20BNO4S. The van der Waals surface area contributed by atoms with E-state index in [-0.39, 0.29) is 11.2 Å². The van der Waals surface area contributed by atoms with Crippen molar-refractivity contribution in [2.75, 3.05) is 20.3 Å². The quantitative estimate of drug-likeness (QED) is 0.605. The number of hydrogen-bond acceptors (Lipinski definition) is 6. The van der Waals surface area contributed by atoms with Crippen LogP contribution in [0.2, 0.25) is 0 Å². The normalized spacial score (nSPS) is 20.8. The maximum absolute atomic E-state index is 5.93. The van der Waals surface area contributed by atoms with Crippen LogP contribution in [0.5, 0.6) is 5.19 Å². The Morgan fingerprint density at radius 3 is 2.42 bits per heavy atom. The van der Waals surface area contributed by atoms with E-state index in [1.54, 1.807) is 7.11 Å². The van der Waals surface area contributed by atoms with Crippen LogP contribution >= 0.6 is 11.3 Å². The van der Waals surface area contributed by atoms with Crippen LogP contribution in [-0.2, 0) is 14.0 Å². The molecule has 0 saturated carbocycles. The summed E-state index contributed by atoms with van der Waals surface area (Å²) in [5.74, 6) is 0. The van der Waals surface area contributed by atoms with Crippen molar-refractivity contribution in [3.8, 4) is 5.19 Å². The molecule has 1 aromatic rings. The van der Waals surface area contributed by atoms with Gasteiger partial charge in [0.05, 0.1) is 23.4 Å². The van der Waals surface area contributed by atoms with Gasteiger partial charge in [-0.15, -0.1) is 0 Å². The summed E-state index contributed by atoms with van der Waals surface area (Å²) in [7, 11) is 1.21. The fraction of sp³-hybridized carbons (Fsp3) is 0.750. The van der Waals surface area contributed by atoms with Gasteiger partial charge in [0.1, 0.15) is 6.61 Å². The Morgan fingerprint density at radius 2 is 1.84 bits per heavy atom. The number of methoxy groups -OCH3 is 1. The Morgan fingerprint density at radius 1 is 1.21 bits per heavy atom. The summed E-state index contributed by atoms with van der Waals surface area (Å²) in [6.45, 7) is 9.13. The van der Waals surface area contributed by atoms with E-state index in [0.717, 1.165) is 5.59 Å². The zero-order valence-corrected chi connectivity index (χ0v) is 12.9. The van der Waals surface area contributed by atoms with Crippen molar-refractivity contribution in [2.24, 2.45) is 0 Å². The molecular weight excluding hydrogens is 265 g/mol. The lowest BCUT2D eigenvalue weighted by atomic mass is 9.86. The van der Waals surface area contributed by atoms with Gasteiger partial charge in [-0.2, -0.15) is 0 Å². The van der Waals surface area contributed by atoms with Crippen LogP contribution in [0.4, 0.5) is 0 Å². The minimum absolute atomic E-state index is 0.349. The lowest BCUT2D eigenvalue weighted by Crippen LogP contribution is -2.41. The number of ether oxygens (including phenoxy) is 2. The fourth-order valence-corrected chi connectivity index (χ4v) is 2.31. The first-order valence-electron chi connectivity index (χ1n) is 6.28. The monoisotopic (exact) mass is 285 g/mol. The predicted molar refractivity (Wildman–Crippen MR) is 75.2 cm³/mol. The van der Waals surface area contributed by atoms with Gasteiger partial charge < -0.3 is 18.8 Å². The van der Waals surface area contributed by atoms with E-state index >= 15 is 0 Å². The summed E-state index contributed by atoms with van der Waals surface area (Å²) < 4.78 is 22.3. The van der Waals surface area contributed by atoms with Gasteiger partial charge in [-0.25, -0.2) is 4.98 Å². The molecule has 0 bridgehead atoms. The summed E-state index contributed by atoms with van der Waals surface area (Å²) in [5, 5.41) is 2.52. The van der Waals surface area contributed by atoms with Crippen LogP contribution in [-0.4, -0.2) is 43.6 Å². The number of aromatic nitrogens is 1. The lowest BCUT2D eigenvalue weighted by molar-refractivity contribution is 0.00578. The molecule has 0 N–H and O–H groups in total. The molecule has 2 heterocycles. The fourth-order valence-electron chi connectivity index (χ4n) is 1.62. The summed E-state index contributed by atoms with van der Waals surface area (Å²) in [6.07, 6.45) is 0. The molecule has 5 nitrogen and oxygen atoms in total. The first-order chi connectivity index (χ1) is 8.86. The standard InChI is InChI=1S/C12H20BNO4S/c1-11(2)12(3,4)18-13(17-11)9-8-19-10(14-9)16-7-6-15-5/h8H,6-7H2,1-5H3. The van der Waals surface area contributed by atoms with Gasteiger partial charge in [-0.1, -0.05) is 11.3 Å². The van der Waals surface area contributed by atoms with E-state index in [0.29, 0.717) is 18.4 Å². The average molecular weight is 285 g/mol. The van der Waals surface area contributed by atoms with Crippen LogP contribution in [0.25, 0.3) is 0 Å². The molecule has 19 heavy (non-hydrogen) atoms. The summed E-state index contributed by atoms with van der Waals surface area (Å²) >= 11 is 1.44. The van der Waals surface area contributed by atoms with E-state index in [1.807, 2.05) is 33.1 Å². The van der Waals surface area contributed by atoms with Gasteiger partial charge in [-0.05, 0) is 27.7 Å². The second-order valence-electron chi connectivity index (χ2n) is 5.47. The lowest BCUT2D eigenvalue weighted by Gasteiger charge is -2.32. The topological polar surface area (TPSA) is 49.8 Å². The number of hydrogen-bond donors (Lipinski definition) is 0. The Labute approximate surface area is 118 Å². The van der Waals surface area contributed by atoms with Crippen molar-refractivity contribution in [2.45, 2.75) is 38.9 Å². The first-order valence-corrected chi connectivity index (χ1v) is 7.16. The molecule has 7 heteroatoms. The zero-order chi connectivity index (χ0) is 14.1. The van der Waals surface area contributed by atoms with Crippen molar-refractivity contribution in [1.82, 2.24) is 4.98 Å². The van der Waals surface area contributed by atoms with E-state index in [4.69, 9.17) is 18.8 Å². The van der Waals surface area contributed by atoms with Crippen molar-refractivity contribution in [1.29, 1.82) is 0 Å². The Bertz CT molecular complexity index is 419. The highest BCUT2D eigenvalue weighted by Crippen LogP contribution is 2.36. The van der Waals surface area contributed by atoms with Crippen molar-refractivity contribution in [3.05, 3.63) is 5.38 Å². The number of nitrogens with zero attached hydrogens (tertiary/aromatic N) is 1. The third kappa shape index (κ3) is 3.10. The van der Waals surface area contributed by atoms with Gasteiger partial charge in [-0.3, -0.25) is 0 Å².